The zero-order valence-electron chi connectivity index (χ0n) is 22.6. The SMILES string of the molecule is C\C=N/C(Nc1ccc(NC(=O)CC(=O)NCC2(C)CC2)cc1)=c1/c(F)cc(OCCNC)c/c1=C\CC. The summed E-state index contributed by atoms with van der Waals surface area (Å²) in [4.78, 5) is 28.7. The first-order valence-electron chi connectivity index (χ1n) is 13.0. The van der Waals surface area contributed by atoms with E-state index in [1.807, 2.05) is 26.1 Å². The molecule has 1 aliphatic rings. The van der Waals surface area contributed by atoms with Gasteiger partial charge in [0.15, 0.2) is 0 Å². The molecule has 0 aliphatic heterocycles. The van der Waals surface area contributed by atoms with E-state index >= 15 is 4.39 Å². The van der Waals surface area contributed by atoms with Crippen LogP contribution in [0.5, 0.6) is 5.75 Å². The maximum atomic E-state index is 15.3. The van der Waals surface area contributed by atoms with Gasteiger partial charge in [0.05, 0.1) is 5.22 Å². The van der Waals surface area contributed by atoms with Crippen LogP contribution in [0, 0.1) is 11.2 Å². The van der Waals surface area contributed by atoms with E-state index in [-0.39, 0.29) is 23.7 Å². The van der Waals surface area contributed by atoms with Crippen LogP contribution in [-0.2, 0) is 9.59 Å². The van der Waals surface area contributed by atoms with Crippen molar-refractivity contribution in [3.8, 4) is 5.75 Å². The molecule has 0 aromatic heterocycles. The molecule has 8 nitrogen and oxygen atoms in total. The molecule has 1 fully saturated rings. The fourth-order valence-corrected chi connectivity index (χ4v) is 3.76. The van der Waals surface area contributed by atoms with Crippen LogP contribution in [0.3, 0.4) is 0 Å². The maximum absolute atomic E-state index is 15.3. The van der Waals surface area contributed by atoms with E-state index in [9.17, 15) is 9.59 Å². The molecule has 9 heteroatoms. The van der Waals surface area contributed by atoms with Crippen molar-refractivity contribution in [3.05, 3.63) is 52.7 Å². The average Bonchev–Trinajstić information content (AvgIpc) is 3.61. The molecule has 0 radical (unpaired) electrons. The Morgan fingerprint density at radius 1 is 1.11 bits per heavy atom. The van der Waals surface area contributed by atoms with Crippen molar-refractivity contribution in [2.24, 2.45) is 10.4 Å². The van der Waals surface area contributed by atoms with Gasteiger partial charge in [-0.1, -0.05) is 19.9 Å². The van der Waals surface area contributed by atoms with E-state index in [1.54, 1.807) is 37.4 Å². The minimum Gasteiger partial charge on any atom is -0.492 e. The lowest BCUT2D eigenvalue weighted by Crippen LogP contribution is -2.33. The fraction of sp³-hybridized carbons (Fsp3) is 0.414. The number of halogens is 1. The van der Waals surface area contributed by atoms with Gasteiger partial charge in [-0.2, -0.15) is 0 Å². The third kappa shape index (κ3) is 8.69. The third-order valence-electron chi connectivity index (χ3n) is 6.20. The molecule has 0 spiro atoms. The van der Waals surface area contributed by atoms with Gasteiger partial charge in [-0.15, -0.1) is 0 Å². The smallest absolute Gasteiger partial charge is 0.233 e. The number of anilines is 2. The van der Waals surface area contributed by atoms with Crippen molar-refractivity contribution in [1.29, 1.82) is 0 Å². The summed E-state index contributed by atoms with van der Waals surface area (Å²) in [5.74, 6) is -0.310. The zero-order chi connectivity index (χ0) is 27.5. The molecule has 1 saturated carbocycles. The Morgan fingerprint density at radius 3 is 2.39 bits per heavy atom. The van der Waals surface area contributed by atoms with E-state index in [0.717, 1.165) is 12.8 Å². The van der Waals surface area contributed by atoms with Crippen molar-refractivity contribution in [2.45, 2.75) is 46.5 Å². The third-order valence-corrected chi connectivity index (χ3v) is 6.20. The van der Waals surface area contributed by atoms with Gasteiger partial charge < -0.3 is 26.0 Å². The number of amides is 2. The molecule has 0 bridgehead atoms. The van der Waals surface area contributed by atoms with E-state index < -0.39 is 5.82 Å². The summed E-state index contributed by atoms with van der Waals surface area (Å²) in [5.41, 5.74) is 1.40. The fourth-order valence-electron chi connectivity index (χ4n) is 3.76. The Balaban J connectivity index is 1.74. The number of hydrogen-bond donors (Lipinski definition) is 4. The number of rotatable bonds is 13. The molecule has 3 rings (SSSR count). The topological polar surface area (TPSA) is 104 Å². The quantitative estimate of drug-likeness (QED) is 0.184. The second kappa shape index (κ2) is 13.7. The molecular weight excluding hydrogens is 485 g/mol. The van der Waals surface area contributed by atoms with Gasteiger partial charge in [-0.25, -0.2) is 9.38 Å². The highest BCUT2D eigenvalue weighted by Gasteiger charge is 2.37. The monoisotopic (exact) mass is 523 g/mol. The Kier molecular flexibility index (Phi) is 10.4. The first-order valence-corrected chi connectivity index (χ1v) is 13.0. The molecule has 0 saturated heterocycles. The molecular formula is C29H38FN5O3. The minimum absolute atomic E-state index is 0.188. The Morgan fingerprint density at radius 2 is 1.79 bits per heavy atom. The predicted molar refractivity (Wildman–Crippen MR) is 151 cm³/mol. The number of aliphatic imine (C=N–C) groups is 1. The van der Waals surface area contributed by atoms with Gasteiger partial charge in [0.1, 0.15) is 30.4 Å². The van der Waals surface area contributed by atoms with Crippen LogP contribution in [-0.4, -0.2) is 44.8 Å². The Bertz CT molecular complexity index is 1270. The van der Waals surface area contributed by atoms with Gasteiger partial charge >= 0.3 is 0 Å². The minimum atomic E-state index is -0.447. The summed E-state index contributed by atoms with van der Waals surface area (Å²) in [6, 6.07) is 10.1. The van der Waals surface area contributed by atoms with E-state index in [4.69, 9.17) is 4.74 Å². The number of carbonyl (C=O) groups is 2. The molecule has 4 N–H and O–H groups in total. The first kappa shape index (κ1) is 28.8. The summed E-state index contributed by atoms with van der Waals surface area (Å²) in [6.07, 6.45) is 6.20. The summed E-state index contributed by atoms with van der Waals surface area (Å²) >= 11 is 0. The van der Waals surface area contributed by atoms with E-state index in [2.05, 4.69) is 33.2 Å². The van der Waals surface area contributed by atoms with Crippen LogP contribution < -0.4 is 36.4 Å². The number of ether oxygens (including phenoxy) is 1. The zero-order valence-corrected chi connectivity index (χ0v) is 22.6. The summed E-state index contributed by atoms with van der Waals surface area (Å²) in [5, 5.41) is 12.8. The van der Waals surface area contributed by atoms with Crippen LogP contribution in [0.15, 0.2) is 41.4 Å². The van der Waals surface area contributed by atoms with Gasteiger partial charge in [0, 0.05) is 36.7 Å². The van der Waals surface area contributed by atoms with Crippen LogP contribution in [0.1, 0.15) is 46.5 Å². The Labute approximate surface area is 223 Å². The molecule has 204 valence electrons. The van der Waals surface area contributed by atoms with Crippen molar-refractivity contribution in [1.82, 2.24) is 10.6 Å². The van der Waals surface area contributed by atoms with E-state index in [1.165, 1.54) is 6.07 Å². The van der Waals surface area contributed by atoms with Gasteiger partial charge in [-0.3, -0.25) is 9.59 Å². The normalized spacial score (nSPS) is 15.2. The largest absolute Gasteiger partial charge is 0.492 e. The van der Waals surface area contributed by atoms with Crippen LogP contribution in [0.25, 0.3) is 11.9 Å². The number of hydrogen-bond acceptors (Lipinski definition) is 6. The molecule has 2 amide bonds. The summed E-state index contributed by atoms with van der Waals surface area (Å²) < 4.78 is 21.0. The van der Waals surface area contributed by atoms with Gasteiger partial charge in [-0.05, 0) is 74.2 Å². The van der Waals surface area contributed by atoms with Crippen LogP contribution in [0.4, 0.5) is 15.8 Å². The lowest BCUT2D eigenvalue weighted by molar-refractivity contribution is -0.126. The van der Waals surface area contributed by atoms with Crippen molar-refractivity contribution >= 4 is 41.3 Å². The molecule has 2 aromatic carbocycles. The first-order chi connectivity index (χ1) is 18.3. The molecule has 38 heavy (non-hydrogen) atoms. The molecule has 0 atom stereocenters. The lowest BCUT2D eigenvalue weighted by atomic mass is 10.1. The number of nitrogens with zero attached hydrogens (tertiary/aromatic N) is 1. The average molecular weight is 524 g/mol. The molecule has 0 unspecified atom stereocenters. The molecule has 0 heterocycles. The number of benzene rings is 2. The molecule has 2 aromatic rings. The second-order valence-electron chi connectivity index (χ2n) is 9.68. The summed E-state index contributed by atoms with van der Waals surface area (Å²) in [6.45, 7) is 7.54. The highest BCUT2D eigenvalue weighted by molar-refractivity contribution is 6.03. The summed E-state index contributed by atoms with van der Waals surface area (Å²) in [7, 11) is 1.83. The standard InChI is InChI=1S/C29H38FN5O3/c1-5-7-20-16-23(38-15-14-31-4)17-24(30)27(20)28(32-6-2)35-22-10-8-21(9-11-22)34-26(37)18-25(36)33-19-29(3)12-13-29/h6-11,16-17,31,35H,5,12-15,18-19H2,1-4H3,(H,33,36)(H,34,37)/b20-7+,28-27-,32-6-. The molecule has 1 aliphatic carbocycles. The van der Waals surface area contributed by atoms with Crippen molar-refractivity contribution in [2.75, 3.05) is 37.4 Å². The predicted octanol–water partition coefficient (Wildman–Crippen LogP) is 3.13. The van der Waals surface area contributed by atoms with Crippen LogP contribution in [0.2, 0.25) is 0 Å². The van der Waals surface area contributed by atoms with Crippen molar-refractivity contribution in [3.63, 3.8) is 0 Å². The van der Waals surface area contributed by atoms with Crippen LogP contribution >= 0.6 is 0 Å². The highest BCUT2D eigenvalue weighted by atomic mass is 19.1. The number of carbonyl (C=O) groups excluding carboxylic acids is 2. The number of likely N-dealkylation sites (N-methyl/N-ethyl adjacent to an activating group) is 1. The van der Waals surface area contributed by atoms with E-state index in [0.29, 0.717) is 59.5 Å². The van der Waals surface area contributed by atoms with Gasteiger partial charge in [0.25, 0.3) is 0 Å². The lowest BCUT2D eigenvalue weighted by Gasteiger charge is -2.12. The second-order valence-corrected chi connectivity index (χ2v) is 9.68. The van der Waals surface area contributed by atoms with Gasteiger partial charge in [0.2, 0.25) is 11.8 Å². The van der Waals surface area contributed by atoms with Crippen molar-refractivity contribution < 1.29 is 18.7 Å². The Hall–Kier alpha value is -3.72. The maximum Gasteiger partial charge on any atom is 0.233 e. The number of nitrogens with one attached hydrogen (secondary N) is 4. The highest BCUT2D eigenvalue weighted by Crippen LogP contribution is 2.44.